The summed E-state index contributed by atoms with van der Waals surface area (Å²) in [7, 11) is 0. The lowest BCUT2D eigenvalue weighted by Gasteiger charge is -2.26. The van der Waals surface area contributed by atoms with Crippen molar-refractivity contribution in [3.8, 4) is 0 Å². The lowest BCUT2D eigenvalue weighted by atomic mass is 10.4. The van der Waals surface area contributed by atoms with E-state index in [0.29, 0.717) is 26.4 Å². The minimum absolute atomic E-state index is 0.276. The van der Waals surface area contributed by atoms with Gasteiger partial charge in [-0.15, -0.1) is 0 Å². The molecule has 0 amide bonds. The van der Waals surface area contributed by atoms with Crippen molar-refractivity contribution in [3.63, 3.8) is 0 Å². The first-order chi connectivity index (χ1) is 8.79. The summed E-state index contributed by atoms with van der Waals surface area (Å²) in [5.41, 5.74) is 0. The summed E-state index contributed by atoms with van der Waals surface area (Å²) in [4.78, 5) is 2.36. The Balaban J connectivity index is 1.75. The zero-order valence-corrected chi connectivity index (χ0v) is 11.7. The molecule has 1 rings (SSSR count). The summed E-state index contributed by atoms with van der Waals surface area (Å²) in [6, 6.07) is 0. The third-order valence-electron chi connectivity index (χ3n) is 2.71. The molecule has 0 atom stereocenters. The van der Waals surface area contributed by atoms with Gasteiger partial charge in [0.15, 0.2) is 0 Å². The minimum atomic E-state index is 0.276. The third-order valence-corrected chi connectivity index (χ3v) is 2.71. The Morgan fingerprint density at radius 3 is 2.22 bits per heavy atom. The van der Waals surface area contributed by atoms with Gasteiger partial charge in [-0.2, -0.15) is 0 Å². The SMILES string of the molecule is CC(C)OCCOCCOCCN1CCOCC1. The second-order valence-electron chi connectivity index (χ2n) is 4.60. The van der Waals surface area contributed by atoms with Gasteiger partial charge < -0.3 is 18.9 Å². The fraction of sp³-hybridized carbons (Fsp3) is 1.00. The zero-order chi connectivity index (χ0) is 13.1. The summed E-state index contributed by atoms with van der Waals surface area (Å²) in [5, 5.41) is 0. The summed E-state index contributed by atoms with van der Waals surface area (Å²) in [6.07, 6.45) is 0.276. The summed E-state index contributed by atoms with van der Waals surface area (Å²) in [5.74, 6) is 0. The normalized spacial score (nSPS) is 17.5. The average Bonchev–Trinajstić information content (AvgIpc) is 2.37. The Hall–Kier alpha value is -0.200. The molecule has 0 spiro atoms. The molecular weight excluding hydrogens is 234 g/mol. The fourth-order valence-electron chi connectivity index (χ4n) is 1.68. The molecule has 1 fully saturated rings. The van der Waals surface area contributed by atoms with E-state index >= 15 is 0 Å². The molecule has 1 heterocycles. The molecule has 0 aromatic rings. The molecule has 18 heavy (non-hydrogen) atoms. The van der Waals surface area contributed by atoms with Gasteiger partial charge in [0.25, 0.3) is 0 Å². The Bertz CT molecular complexity index is 184. The first kappa shape index (κ1) is 15.9. The molecule has 0 aromatic heterocycles. The highest BCUT2D eigenvalue weighted by Gasteiger charge is 2.08. The summed E-state index contributed by atoms with van der Waals surface area (Å²) >= 11 is 0. The molecule has 5 nitrogen and oxygen atoms in total. The lowest BCUT2D eigenvalue weighted by molar-refractivity contribution is -0.0107. The maximum absolute atomic E-state index is 5.52. The van der Waals surface area contributed by atoms with Crippen molar-refractivity contribution < 1.29 is 18.9 Å². The molecule has 0 bridgehead atoms. The number of nitrogens with zero attached hydrogens (tertiary/aromatic N) is 1. The van der Waals surface area contributed by atoms with E-state index in [4.69, 9.17) is 18.9 Å². The van der Waals surface area contributed by atoms with Crippen LogP contribution in [0, 0.1) is 0 Å². The van der Waals surface area contributed by atoms with E-state index in [0.717, 1.165) is 39.5 Å². The fourth-order valence-corrected chi connectivity index (χ4v) is 1.68. The van der Waals surface area contributed by atoms with Gasteiger partial charge in [0.05, 0.1) is 52.4 Å². The molecule has 108 valence electrons. The molecule has 0 radical (unpaired) electrons. The predicted octanol–water partition coefficient (Wildman–Crippen LogP) is 0.777. The Labute approximate surface area is 110 Å². The molecular formula is C13H27NO4. The van der Waals surface area contributed by atoms with Gasteiger partial charge >= 0.3 is 0 Å². The van der Waals surface area contributed by atoms with Crippen LogP contribution in [-0.2, 0) is 18.9 Å². The highest BCUT2D eigenvalue weighted by atomic mass is 16.5. The zero-order valence-electron chi connectivity index (χ0n) is 11.7. The van der Waals surface area contributed by atoms with Gasteiger partial charge in [0, 0.05) is 19.6 Å². The van der Waals surface area contributed by atoms with Crippen molar-refractivity contribution in [2.45, 2.75) is 20.0 Å². The molecule has 0 saturated carbocycles. The quantitative estimate of drug-likeness (QED) is 0.543. The van der Waals surface area contributed by atoms with Crippen LogP contribution in [0.15, 0.2) is 0 Å². The van der Waals surface area contributed by atoms with Gasteiger partial charge in [0.1, 0.15) is 0 Å². The first-order valence-corrected chi connectivity index (χ1v) is 6.86. The summed E-state index contributed by atoms with van der Waals surface area (Å²) in [6.45, 7) is 12.1. The maximum atomic E-state index is 5.52. The molecule has 1 aliphatic heterocycles. The van der Waals surface area contributed by atoms with E-state index in [1.54, 1.807) is 0 Å². The van der Waals surface area contributed by atoms with E-state index in [9.17, 15) is 0 Å². The van der Waals surface area contributed by atoms with Crippen LogP contribution in [0.4, 0.5) is 0 Å². The standard InChI is InChI=1S/C13H27NO4/c1-13(2)18-12-11-17-10-9-16-8-5-14-3-6-15-7-4-14/h13H,3-12H2,1-2H3. The smallest absolute Gasteiger partial charge is 0.0703 e. The van der Waals surface area contributed by atoms with Crippen LogP contribution in [0.2, 0.25) is 0 Å². The highest BCUT2D eigenvalue weighted by Crippen LogP contribution is 1.95. The van der Waals surface area contributed by atoms with Crippen LogP contribution in [0.3, 0.4) is 0 Å². The van der Waals surface area contributed by atoms with Gasteiger partial charge in [-0.25, -0.2) is 0 Å². The molecule has 0 unspecified atom stereocenters. The number of rotatable bonds is 10. The van der Waals surface area contributed by atoms with E-state index < -0.39 is 0 Å². The van der Waals surface area contributed by atoms with E-state index in [1.165, 1.54) is 0 Å². The lowest BCUT2D eigenvalue weighted by Crippen LogP contribution is -2.38. The van der Waals surface area contributed by atoms with Gasteiger partial charge in [-0.3, -0.25) is 4.90 Å². The van der Waals surface area contributed by atoms with Crippen molar-refractivity contribution in [3.05, 3.63) is 0 Å². The van der Waals surface area contributed by atoms with E-state index in [1.807, 2.05) is 13.8 Å². The maximum Gasteiger partial charge on any atom is 0.0703 e. The Morgan fingerprint density at radius 2 is 1.56 bits per heavy atom. The topological polar surface area (TPSA) is 40.2 Å². The van der Waals surface area contributed by atoms with Crippen LogP contribution < -0.4 is 0 Å². The average molecular weight is 261 g/mol. The van der Waals surface area contributed by atoms with Crippen LogP contribution in [0.25, 0.3) is 0 Å². The van der Waals surface area contributed by atoms with Crippen molar-refractivity contribution in [2.75, 3.05) is 65.9 Å². The second-order valence-corrected chi connectivity index (χ2v) is 4.60. The summed E-state index contributed by atoms with van der Waals surface area (Å²) < 4.78 is 21.6. The Kier molecular flexibility index (Phi) is 9.42. The van der Waals surface area contributed by atoms with Crippen molar-refractivity contribution in [1.29, 1.82) is 0 Å². The highest BCUT2D eigenvalue weighted by molar-refractivity contribution is 4.60. The second kappa shape index (κ2) is 10.7. The number of morpholine rings is 1. The van der Waals surface area contributed by atoms with E-state index in [-0.39, 0.29) is 6.10 Å². The minimum Gasteiger partial charge on any atom is -0.379 e. The first-order valence-electron chi connectivity index (χ1n) is 6.86. The van der Waals surface area contributed by atoms with Crippen LogP contribution in [-0.4, -0.2) is 76.9 Å². The molecule has 5 heteroatoms. The Morgan fingerprint density at radius 1 is 0.944 bits per heavy atom. The molecule has 1 aliphatic rings. The van der Waals surface area contributed by atoms with Gasteiger partial charge in [-0.05, 0) is 13.8 Å². The van der Waals surface area contributed by atoms with Crippen LogP contribution >= 0.6 is 0 Å². The molecule has 0 aromatic carbocycles. The third kappa shape index (κ3) is 8.83. The molecule has 1 saturated heterocycles. The largest absolute Gasteiger partial charge is 0.379 e. The van der Waals surface area contributed by atoms with Gasteiger partial charge in [-0.1, -0.05) is 0 Å². The number of hydrogen-bond donors (Lipinski definition) is 0. The van der Waals surface area contributed by atoms with Crippen LogP contribution in [0.1, 0.15) is 13.8 Å². The van der Waals surface area contributed by atoms with Crippen LogP contribution in [0.5, 0.6) is 0 Å². The molecule has 0 aliphatic carbocycles. The monoisotopic (exact) mass is 261 g/mol. The predicted molar refractivity (Wildman–Crippen MR) is 70.0 cm³/mol. The van der Waals surface area contributed by atoms with Crippen molar-refractivity contribution in [2.24, 2.45) is 0 Å². The number of ether oxygens (including phenoxy) is 4. The molecule has 0 N–H and O–H groups in total. The van der Waals surface area contributed by atoms with Gasteiger partial charge in [0.2, 0.25) is 0 Å². The van der Waals surface area contributed by atoms with E-state index in [2.05, 4.69) is 4.90 Å². The number of hydrogen-bond acceptors (Lipinski definition) is 5. The van der Waals surface area contributed by atoms with Crippen molar-refractivity contribution >= 4 is 0 Å². The van der Waals surface area contributed by atoms with Crippen molar-refractivity contribution in [1.82, 2.24) is 4.90 Å².